The number of nitrogens with two attached hydrogens (primary N) is 1. The maximum atomic E-state index is 13.3. The normalized spacial score (nSPS) is 11.1. The van der Waals surface area contributed by atoms with Crippen LogP contribution >= 0.6 is 0 Å². The summed E-state index contributed by atoms with van der Waals surface area (Å²) in [5.41, 5.74) is 5.91. The van der Waals surface area contributed by atoms with Gasteiger partial charge in [-0.3, -0.25) is 5.32 Å². The highest BCUT2D eigenvalue weighted by Crippen LogP contribution is 2.33. The van der Waals surface area contributed by atoms with Gasteiger partial charge in [0, 0.05) is 12.2 Å². The van der Waals surface area contributed by atoms with E-state index in [1.54, 1.807) is 25.1 Å². The van der Waals surface area contributed by atoms with Gasteiger partial charge in [0.1, 0.15) is 5.82 Å². The fraction of sp³-hybridized carbons (Fsp3) is 0.235. The monoisotopic (exact) mass is 371 g/mol. The van der Waals surface area contributed by atoms with Gasteiger partial charge in [0.25, 0.3) is 0 Å². The smallest absolute Gasteiger partial charge is 0.419 e. The van der Waals surface area contributed by atoms with Crippen LogP contribution in [0.25, 0.3) is 0 Å². The van der Waals surface area contributed by atoms with Gasteiger partial charge in [0.2, 0.25) is 0 Å². The molecule has 140 valence electrons. The number of halogens is 4. The summed E-state index contributed by atoms with van der Waals surface area (Å²) in [6, 6.07) is 7.42. The molecule has 0 fully saturated rings. The van der Waals surface area contributed by atoms with E-state index in [2.05, 4.69) is 10.6 Å². The number of amides is 1. The number of alkyl halides is 3. The number of carbonyl (C=O) groups excluding carboxylic acids is 1. The largest absolute Gasteiger partial charge is 0.450 e. The Balaban J connectivity index is 2.06. The number of hydrogen-bond donors (Lipinski definition) is 3. The highest BCUT2D eigenvalue weighted by molar-refractivity contribution is 5.89. The van der Waals surface area contributed by atoms with E-state index in [9.17, 15) is 22.4 Å². The van der Waals surface area contributed by atoms with Gasteiger partial charge in [-0.1, -0.05) is 6.07 Å². The second-order valence-electron chi connectivity index (χ2n) is 5.31. The standard InChI is InChI=1S/C17H17F4N3O2/c1-2-26-16(25)24-15-6-3-10(7-14(15)22)9-23-11-4-5-13(18)12(8-11)17(19,20)21/h3-8,23H,2,9,22H2,1H3,(H,24,25). The number of ether oxygens (including phenoxy) is 1. The SMILES string of the molecule is CCOC(=O)Nc1ccc(CNc2ccc(F)c(C(F)(F)F)c2)cc1N. The second kappa shape index (κ2) is 7.94. The Bertz CT molecular complexity index is 794. The van der Waals surface area contributed by atoms with Gasteiger partial charge in [-0.25, -0.2) is 9.18 Å². The molecule has 0 aliphatic heterocycles. The van der Waals surface area contributed by atoms with Crippen molar-refractivity contribution in [1.82, 2.24) is 0 Å². The third kappa shape index (κ3) is 5.01. The maximum absolute atomic E-state index is 13.3. The molecule has 0 heterocycles. The highest BCUT2D eigenvalue weighted by atomic mass is 19.4. The molecule has 0 unspecified atom stereocenters. The van der Waals surface area contributed by atoms with Gasteiger partial charge >= 0.3 is 12.3 Å². The van der Waals surface area contributed by atoms with Crippen LogP contribution in [0, 0.1) is 5.82 Å². The summed E-state index contributed by atoms with van der Waals surface area (Å²) in [5.74, 6) is -1.33. The number of anilines is 3. The number of benzene rings is 2. The zero-order valence-electron chi connectivity index (χ0n) is 13.8. The molecule has 0 spiro atoms. The van der Waals surface area contributed by atoms with Gasteiger partial charge in [0.05, 0.1) is 23.5 Å². The molecular weight excluding hydrogens is 354 g/mol. The molecule has 0 bridgehead atoms. The summed E-state index contributed by atoms with van der Waals surface area (Å²) in [7, 11) is 0. The molecule has 5 nitrogen and oxygen atoms in total. The Hall–Kier alpha value is -2.97. The lowest BCUT2D eigenvalue weighted by Gasteiger charge is -2.13. The van der Waals surface area contributed by atoms with E-state index in [0.29, 0.717) is 17.3 Å². The Morgan fingerprint density at radius 1 is 1.19 bits per heavy atom. The molecule has 2 aromatic carbocycles. The first-order valence-electron chi connectivity index (χ1n) is 7.63. The Morgan fingerprint density at radius 2 is 1.92 bits per heavy atom. The molecule has 0 atom stereocenters. The average molecular weight is 371 g/mol. The van der Waals surface area contributed by atoms with E-state index < -0.39 is 23.7 Å². The highest BCUT2D eigenvalue weighted by Gasteiger charge is 2.34. The van der Waals surface area contributed by atoms with Crippen molar-refractivity contribution in [3.63, 3.8) is 0 Å². The van der Waals surface area contributed by atoms with E-state index >= 15 is 0 Å². The zero-order valence-corrected chi connectivity index (χ0v) is 13.8. The molecule has 9 heteroatoms. The zero-order chi connectivity index (χ0) is 19.3. The van der Waals surface area contributed by atoms with Crippen molar-refractivity contribution in [1.29, 1.82) is 0 Å². The fourth-order valence-electron chi connectivity index (χ4n) is 2.17. The fourth-order valence-corrected chi connectivity index (χ4v) is 2.17. The Kier molecular flexibility index (Phi) is 5.91. The third-order valence-corrected chi connectivity index (χ3v) is 3.40. The van der Waals surface area contributed by atoms with Crippen LogP contribution in [0.1, 0.15) is 18.1 Å². The van der Waals surface area contributed by atoms with Crippen molar-refractivity contribution >= 4 is 23.2 Å². The molecule has 0 aliphatic rings. The van der Waals surface area contributed by atoms with Gasteiger partial charge in [-0.05, 0) is 42.8 Å². The van der Waals surface area contributed by atoms with Crippen molar-refractivity contribution in [3.8, 4) is 0 Å². The van der Waals surface area contributed by atoms with E-state index in [1.807, 2.05) is 0 Å². The van der Waals surface area contributed by atoms with Gasteiger partial charge in [-0.15, -0.1) is 0 Å². The average Bonchev–Trinajstić information content (AvgIpc) is 2.55. The van der Waals surface area contributed by atoms with Crippen molar-refractivity contribution < 1.29 is 27.1 Å². The van der Waals surface area contributed by atoms with Crippen LogP contribution in [-0.4, -0.2) is 12.7 Å². The number of rotatable bonds is 5. The minimum Gasteiger partial charge on any atom is -0.450 e. The first-order valence-corrected chi connectivity index (χ1v) is 7.63. The number of nitrogen functional groups attached to an aromatic ring is 1. The van der Waals surface area contributed by atoms with Crippen LogP contribution in [0.15, 0.2) is 36.4 Å². The molecule has 0 aliphatic carbocycles. The molecule has 4 N–H and O–H groups in total. The lowest BCUT2D eigenvalue weighted by molar-refractivity contribution is -0.139. The van der Waals surface area contributed by atoms with Crippen LogP contribution in [0.5, 0.6) is 0 Å². The minimum absolute atomic E-state index is 0.117. The van der Waals surface area contributed by atoms with Crippen LogP contribution in [0.3, 0.4) is 0 Å². The van der Waals surface area contributed by atoms with Crippen molar-refractivity contribution in [2.45, 2.75) is 19.6 Å². The second-order valence-corrected chi connectivity index (χ2v) is 5.31. The summed E-state index contributed by atoms with van der Waals surface area (Å²) in [5, 5.41) is 5.24. The molecule has 0 saturated carbocycles. The van der Waals surface area contributed by atoms with Crippen LogP contribution in [-0.2, 0) is 17.5 Å². The topological polar surface area (TPSA) is 76.4 Å². The van der Waals surface area contributed by atoms with E-state index in [-0.39, 0.29) is 24.5 Å². The number of carbonyl (C=O) groups is 1. The van der Waals surface area contributed by atoms with Crippen molar-refractivity contribution in [2.75, 3.05) is 23.0 Å². The van der Waals surface area contributed by atoms with Crippen LogP contribution in [0.4, 0.5) is 39.4 Å². The van der Waals surface area contributed by atoms with Gasteiger partial charge in [0.15, 0.2) is 0 Å². The molecule has 2 aromatic rings. The van der Waals surface area contributed by atoms with E-state index in [0.717, 1.165) is 6.07 Å². The van der Waals surface area contributed by atoms with Crippen LogP contribution < -0.4 is 16.4 Å². The molecule has 2 rings (SSSR count). The molecular formula is C17H17F4N3O2. The summed E-state index contributed by atoms with van der Waals surface area (Å²) >= 11 is 0. The summed E-state index contributed by atoms with van der Waals surface area (Å²) in [4.78, 5) is 11.4. The van der Waals surface area contributed by atoms with Crippen LogP contribution in [0.2, 0.25) is 0 Å². The van der Waals surface area contributed by atoms with Crippen molar-refractivity contribution in [3.05, 3.63) is 53.3 Å². The summed E-state index contributed by atoms with van der Waals surface area (Å²) in [6.07, 6.45) is -5.41. The predicted octanol–water partition coefficient (Wildman–Crippen LogP) is 4.61. The summed E-state index contributed by atoms with van der Waals surface area (Å²) < 4.78 is 56.2. The molecule has 0 radical (unpaired) electrons. The number of nitrogens with one attached hydrogen (secondary N) is 2. The predicted molar refractivity (Wildman–Crippen MR) is 90.2 cm³/mol. The molecule has 26 heavy (non-hydrogen) atoms. The lowest BCUT2D eigenvalue weighted by Crippen LogP contribution is -2.14. The van der Waals surface area contributed by atoms with Gasteiger partial charge < -0.3 is 15.8 Å². The molecule has 0 saturated heterocycles. The first-order chi connectivity index (χ1) is 12.2. The summed E-state index contributed by atoms with van der Waals surface area (Å²) in [6.45, 7) is 2.04. The Morgan fingerprint density at radius 3 is 2.54 bits per heavy atom. The lowest BCUT2D eigenvalue weighted by atomic mass is 10.1. The molecule has 0 aromatic heterocycles. The molecule has 1 amide bonds. The van der Waals surface area contributed by atoms with Gasteiger partial charge in [-0.2, -0.15) is 13.2 Å². The Labute approximate surface area is 147 Å². The minimum atomic E-state index is -4.77. The number of hydrogen-bond acceptors (Lipinski definition) is 4. The van der Waals surface area contributed by atoms with E-state index in [4.69, 9.17) is 10.5 Å². The van der Waals surface area contributed by atoms with Crippen molar-refractivity contribution in [2.24, 2.45) is 0 Å². The first kappa shape index (κ1) is 19.4. The van der Waals surface area contributed by atoms with E-state index in [1.165, 1.54) is 6.07 Å². The third-order valence-electron chi connectivity index (χ3n) is 3.40. The quantitative estimate of drug-likeness (QED) is 0.530. The maximum Gasteiger partial charge on any atom is 0.419 e.